The van der Waals surface area contributed by atoms with Crippen molar-refractivity contribution in [3.8, 4) is 0 Å². The van der Waals surface area contributed by atoms with Gasteiger partial charge in [-0.25, -0.2) is 0 Å². The fourth-order valence-corrected chi connectivity index (χ4v) is 4.00. The first-order chi connectivity index (χ1) is 10.7. The first-order valence-corrected chi connectivity index (χ1v) is 9.39. The Hall–Kier alpha value is -0.840. The van der Waals surface area contributed by atoms with Gasteiger partial charge >= 0.3 is 0 Å². The summed E-state index contributed by atoms with van der Waals surface area (Å²) in [5.41, 5.74) is 1.25. The molecule has 0 bridgehead atoms. The average Bonchev–Trinajstić information content (AvgIpc) is 2.88. The van der Waals surface area contributed by atoms with Crippen LogP contribution in [0.2, 0.25) is 0 Å². The van der Waals surface area contributed by atoms with Crippen LogP contribution in [0.15, 0.2) is 42.5 Å². The highest BCUT2D eigenvalue weighted by atomic mass is 35.5. The summed E-state index contributed by atoms with van der Waals surface area (Å²) in [6.45, 7) is 0. The number of carbonyl (C=O) groups is 1. The fraction of sp³-hybridized carbons (Fsp3) is 0.412. The molecule has 2 rings (SSSR count). The molecule has 1 fully saturated rings. The van der Waals surface area contributed by atoms with E-state index in [4.69, 9.17) is 23.8 Å². The second-order valence-electron chi connectivity index (χ2n) is 5.17. The molecule has 1 aliphatic heterocycles. The number of halogens is 1. The molecule has 22 heavy (non-hydrogen) atoms. The highest BCUT2D eigenvalue weighted by Crippen LogP contribution is 2.27. The van der Waals surface area contributed by atoms with Crippen molar-refractivity contribution in [3.63, 3.8) is 0 Å². The Bertz CT molecular complexity index is 533. The highest BCUT2D eigenvalue weighted by molar-refractivity contribution is 8.23. The maximum Gasteiger partial charge on any atom is 0.228 e. The van der Waals surface area contributed by atoms with Crippen LogP contribution in [0.5, 0.6) is 0 Å². The predicted octanol–water partition coefficient (Wildman–Crippen LogP) is 4.42. The standard InChI is InChI=1S/C17H20ClNOS2/c18-11-7-2-1-6-10-16(20)19-15(13-22-17(19)21)12-14-8-4-3-5-9-14/h1-5,8-9,15H,6-7,10-13H2/b2-1+/t15-/m1/s1. The van der Waals surface area contributed by atoms with E-state index in [0.29, 0.717) is 12.3 Å². The lowest BCUT2D eigenvalue weighted by molar-refractivity contribution is -0.128. The molecule has 2 nitrogen and oxygen atoms in total. The van der Waals surface area contributed by atoms with Crippen LogP contribution in [0.3, 0.4) is 0 Å². The van der Waals surface area contributed by atoms with Gasteiger partial charge in [-0.1, -0.05) is 66.5 Å². The molecule has 1 amide bonds. The van der Waals surface area contributed by atoms with Gasteiger partial charge in [0.2, 0.25) is 5.91 Å². The van der Waals surface area contributed by atoms with E-state index >= 15 is 0 Å². The summed E-state index contributed by atoms with van der Waals surface area (Å²) < 4.78 is 0.718. The summed E-state index contributed by atoms with van der Waals surface area (Å²) in [5, 5.41) is 0. The summed E-state index contributed by atoms with van der Waals surface area (Å²) in [7, 11) is 0. The zero-order chi connectivity index (χ0) is 15.8. The molecule has 1 atom stereocenters. The maximum atomic E-state index is 12.5. The second-order valence-corrected chi connectivity index (χ2v) is 7.20. The number of nitrogens with zero attached hydrogens (tertiary/aromatic N) is 1. The zero-order valence-corrected chi connectivity index (χ0v) is 14.8. The number of benzene rings is 1. The van der Waals surface area contributed by atoms with Gasteiger partial charge in [-0.05, 0) is 24.8 Å². The first kappa shape index (κ1) is 17.5. The lowest BCUT2D eigenvalue weighted by Gasteiger charge is -2.23. The lowest BCUT2D eigenvalue weighted by Crippen LogP contribution is -2.39. The van der Waals surface area contributed by atoms with E-state index in [0.717, 1.165) is 29.3 Å². The van der Waals surface area contributed by atoms with Crippen molar-refractivity contribution >= 4 is 45.8 Å². The molecule has 118 valence electrons. The first-order valence-electron chi connectivity index (χ1n) is 7.46. The molecule has 0 radical (unpaired) electrons. The van der Waals surface area contributed by atoms with Gasteiger partial charge in [-0.2, -0.15) is 0 Å². The molecule has 0 aromatic heterocycles. The van der Waals surface area contributed by atoms with Gasteiger partial charge in [0.25, 0.3) is 0 Å². The van der Waals surface area contributed by atoms with Crippen LogP contribution in [0.4, 0.5) is 0 Å². The van der Waals surface area contributed by atoms with Crippen molar-refractivity contribution in [2.45, 2.75) is 31.7 Å². The third kappa shape index (κ3) is 5.11. The van der Waals surface area contributed by atoms with E-state index < -0.39 is 0 Å². The van der Waals surface area contributed by atoms with Crippen LogP contribution < -0.4 is 0 Å². The van der Waals surface area contributed by atoms with E-state index in [2.05, 4.69) is 12.1 Å². The van der Waals surface area contributed by atoms with Gasteiger partial charge in [0.1, 0.15) is 4.32 Å². The minimum absolute atomic E-state index is 0.131. The Labute approximate surface area is 146 Å². The summed E-state index contributed by atoms with van der Waals surface area (Å²) in [5.74, 6) is 1.64. The third-order valence-corrected chi connectivity index (χ3v) is 5.27. The maximum absolute atomic E-state index is 12.5. The van der Waals surface area contributed by atoms with Crippen LogP contribution in [0, 0.1) is 0 Å². The second kappa shape index (κ2) is 9.33. The number of carbonyl (C=O) groups excluding carboxylic acids is 1. The number of hydrogen-bond acceptors (Lipinski definition) is 3. The molecule has 1 aromatic rings. The minimum atomic E-state index is 0.131. The van der Waals surface area contributed by atoms with Crippen molar-refractivity contribution in [2.24, 2.45) is 0 Å². The number of thiocarbonyl (C=S) groups is 1. The number of allylic oxidation sites excluding steroid dienone is 2. The largest absolute Gasteiger partial charge is 0.293 e. The molecule has 0 N–H and O–H groups in total. The van der Waals surface area contributed by atoms with Crippen molar-refractivity contribution in [2.75, 3.05) is 11.6 Å². The number of alkyl halides is 1. The van der Waals surface area contributed by atoms with Crippen LogP contribution in [-0.4, -0.2) is 32.8 Å². The van der Waals surface area contributed by atoms with Crippen LogP contribution in [0.1, 0.15) is 24.8 Å². The Morgan fingerprint density at radius 3 is 2.77 bits per heavy atom. The highest BCUT2D eigenvalue weighted by Gasteiger charge is 2.33. The number of thioether (sulfide) groups is 1. The van der Waals surface area contributed by atoms with Crippen molar-refractivity contribution in [1.29, 1.82) is 0 Å². The van der Waals surface area contributed by atoms with E-state index in [9.17, 15) is 4.79 Å². The minimum Gasteiger partial charge on any atom is -0.293 e. The van der Waals surface area contributed by atoms with Gasteiger partial charge in [0, 0.05) is 18.1 Å². The molecule has 0 saturated carbocycles. The summed E-state index contributed by atoms with van der Waals surface area (Å²) >= 11 is 12.6. The number of rotatable bonds is 7. The van der Waals surface area contributed by atoms with Crippen molar-refractivity contribution in [1.82, 2.24) is 4.90 Å². The third-order valence-electron chi connectivity index (χ3n) is 3.51. The fourth-order valence-electron chi connectivity index (χ4n) is 2.43. The van der Waals surface area contributed by atoms with Gasteiger partial charge in [-0.3, -0.25) is 9.69 Å². The quantitative estimate of drug-likeness (QED) is 0.411. The molecule has 1 saturated heterocycles. The van der Waals surface area contributed by atoms with Crippen LogP contribution >= 0.6 is 35.6 Å². The molecule has 1 aromatic carbocycles. The van der Waals surface area contributed by atoms with Crippen molar-refractivity contribution < 1.29 is 4.79 Å². The van der Waals surface area contributed by atoms with Gasteiger partial charge in [-0.15, -0.1) is 11.6 Å². The normalized spacial score (nSPS) is 18.3. The van der Waals surface area contributed by atoms with E-state index in [1.807, 2.05) is 35.3 Å². The Balaban J connectivity index is 1.91. The van der Waals surface area contributed by atoms with E-state index in [1.165, 1.54) is 5.56 Å². The number of amides is 1. The Kier molecular flexibility index (Phi) is 7.43. The molecule has 5 heteroatoms. The van der Waals surface area contributed by atoms with Crippen LogP contribution in [-0.2, 0) is 11.2 Å². The molecule has 1 aliphatic rings. The predicted molar refractivity (Wildman–Crippen MR) is 99.5 cm³/mol. The van der Waals surface area contributed by atoms with E-state index in [1.54, 1.807) is 11.8 Å². The Morgan fingerprint density at radius 2 is 2.05 bits per heavy atom. The summed E-state index contributed by atoms with van der Waals surface area (Å²) in [4.78, 5) is 14.3. The van der Waals surface area contributed by atoms with Gasteiger partial charge in [0.15, 0.2) is 0 Å². The molecular formula is C17H20ClNOS2. The molecular weight excluding hydrogens is 334 g/mol. The van der Waals surface area contributed by atoms with E-state index in [-0.39, 0.29) is 11.9 Å². The molecule has 0 spiro atoms. The van der Waals surface area contributed by atoms with Crippen LogP contribution in [0.25, 0.3) is 0 Å². The molecule has 1 heterocycles. The molecule has 0 aliphatic carbocycles. The molecule has 0 unspecified atom stereocenters. The zero-order valence-electron chi connectivity index (χ0n) is 12.4. The lowest BCUT2D eigenvalue weighted by atomic mass is 10.1. The van der Waals surface area contributed by atoms with Gasteiger partial charge in [0.05, 0.1) is 6.04 Å². The van der Waals surface area contributed by atoms with Crippen molar-refractivity contribution in [3.05, 3.63) is 48.0 Å². The monoisotopic (exact) mass is 353 g/mol. The smallest absolute Gasteiger partial charge is 0.228 e. The van der Waals surface area contributed by atoms with Gasteiger partial charge < -0.3 is 0 Å². The summed E-state index contributed by atoms with van der Waals surface area (Å²) in [6, 6.07) is 10.5. The SMILES string of the molecule is O=C(CC/C=C/CCCl)N1C(=S)SC[C@H]1Cc1ccccc1. The average molecular weight is 354 g/mol. The Morgan fingerprint density at radius 1 is 1.32 bits per heavy atom. The summed E-state index contributed by atoms with van der Waals surface area (Å²) in [6.07, 6.45) is 7.02. The number of hydrogen-bond donors (Lipinski definition) is 0. The topological polar surface area (TPSA) is 20.3 Å².